The molecule has 0 saturated carbocycles. The fourth-order valence-electron chi connectivity index (χ4n) is 3.93. The van der Waals surface area contributed by atoms with Gasteiger partial charge in [0.05, 0.1) is 6.54 Å². The van der Waals surface area contributed by atoms with Crippen LogP contribution < -0.4 is 10.6 Å². The summed E-state index contributed by atoms with van der Waals surface area (Å²) in [6, 6.07) is 23.6. The molecule has 32 heavy (non-hydrogen) atoms. The van der Waals surface area contributed by atoms with E-state index in [1.807, 2.05) is 53.9 Å². The number of nitrogens with one attached hydrogen (secondary N) is 2. The first kappa shape index (κ1) is 21.8. The third kappa shape index (κ3) is 5.06. The van der Waals surface area contributed by atoms with E-state index in [1.165, 1.54) is 22.5 Å². The average Bonchev–Trinajstić information content (AvgIpc) is 3.34. The van der Waals surface area contributed by atoms with Crippen molar-refractivity contribution in [3.05, 3.63) is 94.2 Å². The summed E-state index contributed by atoms with van der Waals surface area (Å²) in [6.45, 7) is 0.622. The molecule has 0 spiro atoms. The van der Waals surface area contributed by atoms with Crippen LogP contribution in [0, 0.1) is 5.92 Å². The van der Waals surface area contributed by atoms with Crippen LogP contribution in [0.2, 0.25) is 0 Å². The van der Waals surface area contributed by atoms with Gasteiger partial charge in [0.25, 0.3) is 0 Å². The number of hydrogen-bond acceptors (Lipinski definition) is 4. The van der Waals surface area contributed by atoms with Gasteiger partial charge >= 0.3 is 6.03 Å². The van der Waals surface area contributed by atoms with E-state index in [9.17, 15) is 14.4 Å². The molecule has 2 aromatic carbocycles. The van der Waals surface area contributed by atoms with Crippen molar-refractivity contribution in [1.29, 1.82) is 0 Å². The Balaban J connectivity index is 1.39. The number of thiophene rings is 1. The number of hydrogen-bond donors (Lipinski definition) is 2. The highest BCUT2D eigenvalue weighted by atomic mass is 32.1. The third-order valence-corrected chi connectivity index (χ3v) is 6.47. The van der Waals surface area contributed by atoms with Crippen LogP contribution in [0.25, 0.3) is 0 Å². The molecule has 0 bridgehead atoms. The fraction of sp³-hybridized carbons (Fsp3) is 0.240. The number of carbonyl (C=O) groups is 3. The number of imide groups is 1. The molecular weight excluding hydrogens is 422 g/mol. The monoisotopic (exact) mass is 447 g/mol. The number of benzene rings is 2. The van der Waals surface area contributed by atoms with Crippen molar-refractivity contribution in [2.75, 3.05) is 13.1 Å². The molecule has 1 aliphatic heterocycles. The summed E-state index contributed by atoms with van der Waals surface area (Å²) < 4.78 is 0. The summed E-state index contributed by atoms with van der Waals surface area (Å²) in [7, 11) is 0. The van der Waals surface area contributed by atoms with Crippen molar-refractivity contribution < 1.29 is 14.4 Å². The van der Waals surface area contributed by atoms with Gasteiger partial charge in [-0.1, -0.05) is 66.7 Å². The molecule has 1 unspecified atom stereocenters. The van der Waals surface area contributed by atoms with Crippen molar-refractivity contribution >= 4 is 29.2 Å². The number of amides is 4. The van der Waals surface area contributed by atoms with Crippen molar-refractivity contribution in [3.63, 3.8) is 0 Å². The first-order valence-electron chi connectivity index (χ1n) is 10.6. The summed E-state index contributed by atoms with van der Waals surface area (Å²) in [6.07, 6.45) is 0.700. The van der Waals surface area contributed by atoms with E-state index in [-0.39, 0.29) is 24.9 Å². The van der Waals surface area contributed by atoms with Gasteiger partial charge in [-0.15, -0.1) is 11.3 Å². The molecule has 4 amide bonds. The van der Waals surface area contributed by atoms with Gasteiger partial charge in [-0.3, -0.25) is 14.5 Å². The Kier molecular flexibility index (Phi) is 6.97. The first-order chi connectivity index (χ1) is 15.6. The largest absolute Gasteiger partial charge is 0.355 e. The van der Waals surface area contributed by atoms with Crippen molar-refractivity contribution in [1.82, 2.24) is 15.5 Å². The van der Waals surface area contributed by atoms with Gasteiger partial charge in [0.15, 0.2) is 0 Å². The van der Waals surface area contributed by atoms with Gasteiger partial charge in [0, 0.05) is 23.9 Å². The van der Waals surface area contributed by atoms with Crippen LogP contribution in [0.15, 0.2) is 78.2 Å². The molecule has 1 atom stereocenters. The second kappa shape index (κ2) is 10.2. The lowest BCUT2D eigenvalue weighted by Crippen LogP contribution is -2.58. The summed E-state index contributed by atoms with van der Waals surface area (Å²) in [5.74, 6) is -1.59. The van der Waals surface area contributed by atoms with Crippen LogP contribution in [0.5, 0.6) is 0 Å². The zero-order chi connectivity index (χ0) is 22.3. The van der Waals surface area contributed by atoms with Gasteiger partial charge in [0.2, 0.25) is 11.8 Å². The number of nitrogens with zero attached hydrogens (tertiary/aromatic N) is 1. The summed E-state index contributed by atoms with van der Waals surface area (Å²) in [4.78, 5) is 39.9. The SMILES string of the molecule is O=C(NCCC(c1ccccc1)c1ccccc1)C1CNC(=O)N(Cc2cccs2)C1=O. The topological polar surface area (TPSA) is 78.5 Å². The van der Waals surface area contributed by atoms with Crippen molar-refractivity contribution in [2.45, 2.75) is 18.9 Å². The fourth-order valence-corrected chi connectivity index (χ4v) is 4.63. The predicted octanol–water partition coefficient (Wildman–Crippen LogP) is 3.75. The van der Waals surface area contributed by atoms with E-state index in [0.29, 0.717) is 13.0 Å². The molecular formula is C25H25N3O3S. The van der Waals surface area contributed by atoms with Crippen molar-refractivity contribution in [3.8, 4) is 0 Å². The quantitative estimate of drug-likeness (QED) is 0.516. The molecule has 1 fully saturated rings. The van der Waals surface area contributed by atoms with Crippen LogP contribution in [0.3, 0.4) is 0 Å². The normalized spacial score (nSPS) is 16.2. The Hall–Kier alpha value is -3.45. The number of carbonyl (C=O) groups excluding carboxylic acids is 3. The Morgan fingerprint density at radius 1 is 1.00 bits per heavy atom. The second-order valence-electron chi connectivity index (χ2n) is 7.70. The van der Waals surface area contributed by atoms with E-state index < -0.39 is 17.9 Å². The molecule has 0 aliphatic carbocycles. The Morgan fingerprint density at radius 3 is 2.25 bits per heavy atom. The third-order valence-electron chi connectivity index (χ3n) is 5.61. The minimum Gasteiger partial charge on any atom is -0.355 e. The van der Waals surface area contributed by atoms with Gasteiger partial charge in [-0.05, 0) is 29.0 Å². The van der Waals surface area contributed by atoms with Gasteiger partial charge in [0.1, 0.15) is 5.92 Å². The van der Waals surface area contributed by atoms with E-state index >= 15 is 0 Å². The zero-order valence-corrected chi connectivity index (χ0v) is 18.4. The molecule has 4 rings (SSSR count). The van der Waals surface area contributed by atoms with Gasteiger partial charge in [-0.2, -0.15) is 0 Å². The maximum Gasteiger partial charge on any atom is 0.324 e. The van der Waals surface area contributed by atoms with Gasteiger partial charge in [-0.25, -0.2) is 4.79 Å². The smallest absolute Gasteiger partial charge is 0.324 e. The summed E-state index contributed by atoms with van der Waals surface area (Å²) in [5.41, 5.74) is 2.35. The molecule has 164 valence electrons. The maximum absolute atomic E-state index is 12.9. The summed E-state index contributed by atoms with van der Waals surface area (Å²) >= 11 is 1.47. The predicted molar refractivity (Wildman–Crippen MR) is 124 cm³/mol. The molecule has 3 aromatic rings. The zero-order valence-electron chi connectivity index (χ0n) is 17.6. The van der Waals surface area contributed by atoms with Crippen LogP contribution in [-0.2, 0) is 16.1 Å². The minimum atomic E-state index is -0.917. The van der Waals surface area contributed by atoms with Crippen LogP contribution >= 0.6 is 11.3 Å². The molecule has 1 saturated heterocycles. The van der Waals surface area contributed by atoms with E-state index in [0.717, 1.165) is 9.78 Å². The number of urea groups is 1. The molecule has 7 heteroatoms. The molecule has 1 aliphatic rings. The molecule has 6 nitrogen and oxygen atoms in total. The lowest BCUT2D eigenvalue weighted by Gasteiger charge is -2.30. The second-order valence-corrected chi connectivity index (χ2v) is 8.73. The van der Waals surface area contributed by atoms with Crippen LogP contribution in [0.1, 0.15) is 28.3 Å². The minimum absolute atomic E-state index is 0.0191. The highest BCUT2D eigenvalue weighted by molar-refractivity contribution is 7.09. The Labute approximate surface area is 191 Å². The number of rotatable bonds is 8. The van der Waals surface area contributed by atoms with E-state index in [1.54, 1.807) is 0 Å². The highest BCUT2D eigenvalue weighted by Crippen LogP contribution is 2.27. The Bertz CT molecular complexity index is 1020. The standard InChI is InChI=1S/C25H25N3O3S/c29-23(22-16-27-25(31)28(24(22)30)17-20-12-7-15-32-20)26-14-13-21(18-8-3-1-4-9-18)19-10-5-2-6-11-19/h1-12,15,21-22H,13-14,16-17H2,(H,26,29)(H,27,31). The molecule has 0 radical (unpaired) electrons. The first-order valence-corrected chi connectivity index (χ1v) is 11.5. The Morgan fingerprint density at radius 2 is 1.66 bits per heavy atom. The molecule has 2 heterocycles. The van der Waals surface area contributed by atoms with Gasteiger partial charge < -0.3 is 10.6 Å². The van der Waals surface area contributed by atoms with E-state index in [2.05, 4.69) is 34.9 Å². The highest BCUT2D eigenvalue weighted by Gasteiger charge is 2.38. The maximum atomic E-state index is 12.9. The lowest BCUT2D eigenvalue weighted by molar-refractivity contribution is -0.141. The molecule has 2 N–H and O–H groups in total. The van der Waals surface area contributed by atoms with Crippen LogP contribution in [-0.4, -0.2) is 35.8 Å². The average molecular weight is 448 g/mol. The lowest BCUT2D eigenvalue weighted by atomic mass is 9.88. The van der Waals surface area contributed by atoms with Crippen molar-refractivity contribution in [2.24, 2.45) is 5.92 Å². The molecule has 1 aromatic heterocycles. The summed E-state index contributed by atoms with van der Waals surface area (Å²) in [5, 5.41) is 7.47. The van der Waals surface area contributed by atoms with E-state index in [4.69, 9.17) is 0 Å². The van der Waals surface area contributed by atoms with Crippen LogP contribution in [0.4, 0.5) is 4.79 Å².